The zero-order valence-electron chi connectivity index (χ0n) is 11.3. The van der Waals surface area contributed by atoms with Crippen LogP contribution in [0.2, 0.25) is 5.02 Å². The molecule has 1 unspecified atom stereocenters. The van der Waals surface area contributed by atoms with Gasteiger partial charge in [-0.15, -0.1) is 0 Å². The molecule has 1 aromatic rings. The van der Waals surface area contributed by atoms with Gasteiger partial charge in [0.25, 0.3) is 0 Å². The van der Waals surface area contributed by atoms with E-state index in [9.17, 15) is 22.7 Å². The Kier molecular flexibility index (Phi) is 4.28. The van der Waals surface area contributed by atoms with Crippen LogP contribution in [0.15, 0.2) is 18.2 Å². The molecule has 1 fully saturated rings. The molecule has 0 bridgehead atoms. The summed E-state index contributed by atoms with van der Waals surface area (Å²) in [6.07, 6.45) is 0.744. The minimum absolute atomic E-state index is 0.0901. The topological polar surface area (TPSA) is 74.7 Å². The lowest BCUT2D eigenvalue weighted by atomic mass is 10.0. The number of rotatable bonds is 4. The van der Waals surface area contributed by atoms with Crippen LogP contribution >= 0.6 is 11.6 Å². The van der Waals surface area contributed by atoms with Gasteiger partial charge in [0.1, 0.15) is 11.4 Å². The van der Waals surface area contributed by atoms with Crippen LogP contribution in [-0.2, 0) is 20.6 Å². The summed E-state index contributed by atoms with van der Waals surface area (Å²) >= 11 is 5.55. The van der Waals surface area contributed by atoms with E-state index in [0.717, 1.165) is 10.4 Å². The van der Waals surface area contributed by atoms with Gasteiger partial charge in [-0.3, -0.25) is 4.79 Å². The number of carboxylic acid groups (broad SMARTS) is 1. The highest BCUT2D eigenvalue weighted by Gasteiger charge is 2.49. The van der Waals surface area contributed by atoms with Gasteiger partial charge in [0, 0.05) is 6.54 Å². The van der Waals surface area contributed by atoms with Gasteiger partial charge in [-0.25, -0.2) is 12.8 Å². The minimum atomic E-state index is -3.85. The van der Waals surface area contributed by atoms with Gasteiger partial charge in [0.05, 0.1) is 10.8 Å². The Labute approximate surface area is 127 Å². The SMILES string of the molecule is CC1(C(=O)O)CCCN1S(=O)(=O)Cc1ccc(Cl)c(F)c1. The summed E-state index contributed by atoms with van der Waals surface area (Å²) in [5.41, 5.74) is -1.21. The number of carbonyl (C=O) groups is 1. The van der Waals surface area contributed by atoms with Crippen LogP contribution in [0.3, 0.4) is 0 Å². The molecule has 1 aliphatic heterocycles. The van der Waals surface area contributed by atoms with E-state index in [1.54, 1.807) is 0 Å². The predicted octanol–water partition coefficient (Wildman–Crippen LogP) is 2.25. The van der Waals surface area contributed by atoms with E-state index in [-0.39, 0.29) is 23.6 Å². The lowest BCUT2D eigenvalue weighted by Crippen LogP contribution is -2.50. The van der Waals surface area contributed by atoms with Gasteiger partial charge >= 0.3 is 5.97 Å². The summed E-state index contributed by atoms with van der Waals surface area (Å²) in [5.74, 6) is -2.33. The predicted molar refractivity (Wildman–Crippen MR) is 76.0 cm³/mol. The number of hydrogen-bond acceptors (Lipinski definition) is 3. The molecule has 0 radical (unpaired) electrons. The number of halogens is 2. The third-order valence-corrected chi connectivity index (χ3v) is 5.97. The fourth-order valence-corrected chi connectivity index (χ4v) is 4.58. The van der Waals surface area contributed by atoms with Crippen LogP contribution in [0.5, 0.6) is 0 Å². The van der Waals surface area contributed by atoms with Crippen molar-refractivity contribution in [3.05, 3.63) is 34.6 Å². The second kappa shape index (κ2) is 5.55. The fourth-order valence-electron chi connectivity index (χ4n) is 2.52. The molecule has 5 nitrogen and oxygen atoms in total. The van der Waals surface area contributed by atoms with Crippen molar-refractivity contribution >= 4 is 27.6 Å². The second-order valence-corrected chi connectivity index (χ2v) is 7.56. The van der Waals surface area contributed by atoms with E-state index in [0.29, 0.717) is 6.42 Å². The summed E-state index contributed by atoms with van der Waals surface area (Å²) in [6, 6.07) is 3.74. The Bertz CT molecular complexity index is 679. The summed E-state index contributed by atoms with van der Waals surface area (Å²) < 4.78 is 39.2. The molecule has 1 saturated heterocycles. The summed E-state index contributed by atoms with van der Waals surface area (Å²) in [7, 11) is -3.85. The summed E-state index contributed by atoms with van der Waals surface area (Å²) in [5, 5.41) is 9.18. The molecule has 116 valence electrons. The zero-order chi connectivity index (χ0) is 15.8. The van der Waals surface area contributed by atoms with Crippen molar-refractivity contribution in [3.8, 4) is 0 Å². The highest BCUT2D eigenvalue weighted by atomic mass is 35.5. The van der Waals surface area contributed by atoms with E-state index in [1.807, 2.05) is 0 Å². The highest BCUT2D eigenvalue weighted by Crippen LogP contribution is 2.33. The van der Waals surface area contributed by atoms with Crippen molar-refractivity contribution in [2.45, 2.75) is 31.1 Å². The number of carboxylic acids is 1. The maximum absolute atomic E-state index is 13.4. The average Bonchev–Trinajstić information content (AvgIpc) is 2.78. The fraction of sp³-hybridized carbons (Fsp3) is 0.462. The molecule has 1 heterocycles. The summed E-state index contributed by atoms with van der Waals surface area (Å²) in [4.78, 5) is 11.3. The molecule has 1 atom stereocenters. The zero-order valence-corrected chi connectivity index (χ0v) is 12.9. The number of hydrogen-bond donors (Lipinski definition) is 1. The average molecular weight is 336 g/mol. The molecule has 1 aliphatic rings. The quantitative estimate of drug-likeness (QED) is 0.915. The Balaban J connectivity index is 2.30. The van der Waals surface area contributed by atoms with Gasteiger partial charge in [-0.05, 0) is 37.5 Å². The van der Waals surface area contributed by atoms with Crippen LogP contribution in [0.1, 0.15) is 25.3 Å². The molecule has 0 amide bonds. The first kappa shape index (κ1) is 16.2. The van der Waals surface area contributed by atoms with Crippen LogP contribution in [0, 0.1) is 5.82 Å². The maximum atomic E-state index is 13.4. The maximum Gasteiger partial charge on any atom is 0.324 e. The smallest absolute Gasteiger partial charge is 0.324 e. The van der Waals surface area contributed by atoms with Gasteiger partial charge in [-0.2, -0.15) is 4.31 Å². The first-order valence-electron chi connectivity index (χ1n) is 6.35. The van der Waals surface area contributed by atoms with Crippen LogP contribution in [-0.4, -0.2) is 35.9 Å². The van der Waals surface area contributed by atoms with Crippen molar-refractivity contribution in [1.29, 1.82) is 0 Å². The Morgan fingerprint density at radius 1 is 1.52 bits per heavy atom. The number of nitrogens with zero attached hydrogens (tertiary/aromatic N) is 1. The van der Waals surface area contributed by atoms with E-state index < -0.39 is 33.1 Å². The molecule has 0 spiro atoms. The minimum Gasteiger partial charge on any atom is -0.480 e. The molecule has 8 heteroatoms. The lowest BCUT2D eigenvalue weighted by molar-refractivity contribution is -0.146. The molecule has 1 aromatic carbocycles. The lowest BCUT2D eigenvalue weighted by Gasteiger charge is -2.30. The highest BCUT2D eigenvalue weighted by molar-refractivity contribution is 7.88. The molecule has 21 heavy (non-hydrogen) atoms. The number of sulfonamides is 1. The third-order valence-electron chi connectivity index (χ3n) is 3.70. The number of benzene rings is 1. The van der Waals surface area contributed by atoms with Crippen molar-refractivity contribution in [1.82, 2.24) is 4.31 Å². The molecule has 1 N–H and O–H groups in total. The monoisotopic (exact) mass is 335 g/mol. The molecule has 0 aromatic heterocycles. The molecule has 0 aliphatic carbocycles. The van der Waals surface area contributed by atoms with Crippen molar-refractivity contribution in [2.75, 3.05) is 6.54 Å². The van der Waals surface area contributed by atoms with Crippen LogP contribution < -0.4 is 0 Å². The van der Waals surface area contributed by atoms with Gasteiger partial charge in [0.15, 0.2) is 0 Å². The van der Waals surface area contributed by atoms with E-state index in [4.69, 9.17) is 11.6 Å². The van der Waals surface area contributed by atoms with Gasteiger partial charge in [-0.1, -0.05) is 17.7 Å². The van der Waals surface area contributed by atoms with Crippen molar-refractivity contribution < 1.29 is 22.7 Å². The summed E-state index contributed by atoms with van der Waals surface area (Å²) in [6.45, 7) is 1.55. The van der Waals surface area contributed by atoms with Crippen LogP contribution in [0.25, 0.3) is 0 Å². The first-order chi connectivity index (χ1) is 9.67. The first-order valence-corrected chi connectivity index (χ1v) is 8.33. The second-order valence-electron chi connectivity index (χ2n) is 5.26. The standard InChI is InChI=1S/C13H15ClFNO4S/c1-13(12(17)18)5-2-6-16(13)21(19,20)8-9-3-4-10(14)11(15)7-9/h3-4,7H,2,5-6,8H2,1H3,(H,17,18). The van der Waals surface area contributed by atoms with Crippen LogP contribution in [0.4, 0.5) is 4.39 Å². The number of aliphatic carboxylic acids is 1. The van der Waals surface area contributed by atoms with Crippen molar-refractivity contribution in [2.24, 2.45) is 0 Å². The normalized spacial score (nSPS) is 23.4. The Morgan fingerprint density at radius 2 is 2.19 bits per heavy atom. The molecule has 2 rings (SSSR count). The van der Waals surface area contributed by atoms with Crippen molar-refractivity contribution in [3.63, 3.8) is 0 Å². The molecular weight excluding hydrogens is 321 g/mol. The van der Waals surface area contributed by atoms with E-state index >= 15 is 0 Å². The Hall–Kier alpha value is -1.18. The molecule has 0 saturated carbocycles. The third kappa shape index (κ3) is 3.04. The molecular formula is C13H15ClFNO4S. The van der Waals surface area contributed by atoms with E-state index in [2.05, 4.69) is 0 Å². The van der Waals surface area contributed by atoms with E-state index in [1.165, 1.54) is 19.1 Å². The van der Waals surface area contributed by atoms with Gasteiger partial charge < -0.3 is 5.11 Å². The van der Waals surface area contributed by atoms with Gasteiger partial charge in [0.2, 0.25) is 10.0 Å². The largest absolute Gasteiger partial charge is 0.480 e. The Morgan fingerprint density at radius 3 is 2.76 bits per heavy atom.